The highest BCUT2D eigenvalue weighted by molar-refractivity contribution is 5.96. The number of pyridine rings is 1. The van der Waals surface area contributed by atoms with E-state index in [1.54, 1.807) is 51.9 Å². The third-order valence-electron chi connectivity index (χ3n) is 7.22. The maximum atomic E-state index is 13.7. The predicted octanol–water partition coefficient (Wildman–Crippen LogP) is 4.72. The van der Waals surface area contributed by atoms with Crippen molar-refractivity contribution in [2.45, 2.75) is 52.1 Å². The Morgan fingerprint density at radius 1 is 1.00 bits per heavy atom. The first-order chi connectivity index (χ1) is 20.2. The average molecular weight is 575 g/mol. The molecular weight excluding hydrogens is 536 g/mol. The molecule has 0 aliphatic heterocycles. The summed E-state index contributed by atoms with van der Waals surface area (Å²) in [7, 11) is 4.66. The fourth-order valence-electron chi connectivity index (χ4n) is 5.38. The Kier molecular flexibility index (Phi) is 9.67. The fraction of sp³-hybridized carbons (Fsp3) is 0.375. The molecule has 0 saturated heterocycles. The van der Waals surface area contributed by atoms with Gasteiger partial charge in [-0.05, 0) is 72.2 Å². The number of aromatic nitrogens is 1. The molecule has 0 fully saturated rings. The van der Waals surface area contributed by atoms with Crippen molar-refractivity contribution in [3.05, 3.63) is 70.1 Å². The van der Waals surface area contributed by atoms with Crippen molar-refractivity contribution in [3.63, 3.8) is 0 Å². The molecule has 3 aromatic rings. The molecule has 0 unspecified atom stereocenters. The summed E-state index contributed by atoms with van der Waals surface area (Å²) in [4.78, 5) is 43.3. The fourth-order valence-corrected chi connectivity index (χ4v) is 5.38. The summed E-state index contributed by atoms with van der Waals surface area (Å²) in [6.07, 6.45) is 4.84. The quantitative estimate of drug-likeness (QED) is 0.317. The molecule has 10 nitrogen and oxygen atoms in total. The first-order valence-electron chi connectivity index (χ1n) is 13.9. The summed E-state index contributed by atoms with van der Waals surface area (Å²) in [5.41, 5.74) is 3.63. The molecule has 1 aliphatic rings. The molecule has 2 amide bonds. The van der Waals surface area contributed by atoms with Gasteiger partial charge in [0, 0.05) is 30.6 Å². The van der Waals surface area contributed by atoms with Gasteiger partial charge in [0.1, 0.15) is 6.04 Å². The van der Waals surface area contributed by atoms with Crippen LogP contribution in [0.5, 0.6) is 17.2 Å². The normalized spacial score (nSPS) is 14.5. The number of aryl methyl sites for hydroxylation is 1. The highest BCUT2D eigenvalue weighted by Crippen LogP contribution is 2.50. The number of methoxy groups -OCH3 is 3. The smallest absolute Gasteiger partial charge is 0.246 e. The molecule has 2 aromatic carbocycles. The number of benzene rings is 1. The largest absolute Gasteiger partial charge is 0.493 e. The zero-order chi connectivity index (χ0) is 30.4. The minimum Gasteiger partial charge on any atom is -0.493 e. The number of nitrogens with one attached hydrogen (secondary N) is 3. The van der Waals surface area contributed by atoms with Gasteiger partial charge in [-0.2, -0.15) is 0 Å². The van der Waals surface area contributed by atoms with Gasteiger partial charge in [-0.25, -0.2) is 0 Å². The third kappa shape index (κ3) is 6.64. The van der Waals surface area contributed by atoms with E-state index in [9.17, 15) is 14.4 Å². The van der Waals surface area contributed by atoms with Crippen LogP contribution in [0.2, 0.25) is 0 Å². The molecule has 2 atom stereocenters. The van der Waals surface area contributed by atoms with E-state index in [2.05, 4.69) is 20.9 Å². The SMILES string of the molecule is COc1cc2c(c(OC)c1OC)-c1ccc(N[C@@H](CC(C)C)C(=O)Nc3ccncc3)c(=O)cc1[C@@H](NC(C)=O)CC2. The van der Waals surface area contributed by atoms with Crippen molar-refractivity contribution in [3.8, 4) is 28.4 Å². The van der Waals surface area contributed by atoms with Crippen molar-refractivity contribution in [1.29, 1.82) is 0 Å². The topological polar surface area (TPSA) is 128 Å². The second-order valence-electron chi connectivity index (χ2n) is 10.6. The van der Waals surface area contributed by atoms with Crippen LogP contribution in [-0.2, 0) is 16.0 Å². The first-order valence-corrected chi connectivity index (χ1v) is 13.9. The standard InChI is InChI=1S/C32H38N4O6/c1-18(2)15-26(32(39)35-21-11-13-33-14-12-21)36-25-10-8-22-23(17-27(25)38)24(34-19(3)37)9-7-20-16-28(40-4)30(41-5)31(42-6)29(20)22/h8,10-14,16-18,24,26H,7,9,15H2,1-6H3,(H,34,37)(H,36,38)(H,33,35,39)/t24-,26-/m0/s1. The lowest BCUT2D eigenvalue weighted by Gasteiger charge is -2.20. The number of carbonyl (C=O) groups is 2. The van der Waals surface area contributed by atoms with E-state index in [4.69, 9.17) is 14.2 Å². The summed E-state index contributed by atoms with van der Waals surface area (Å²) in [6.45, 7) is 5.49. The summed E-state index contributed by atoms with van der Waals surface area (Å²) in [5, 5.41) is 9.12. The maximum absolute atomic E-state index is 13.7. The summed E-state index contributed by atoms with van der Waals surface area (Å²) in [6, 6.07) is 9.27. The molecule has 0 saturated carbocycles. The van der Waals surface area contributed by atoms with E-state index in [0.717, 1.165) is 11.1 Å². The van der Waals surface area contributed by atoms with Gasteiger partial charge < -0.3 is 30.2 Å². The highest BCUT2D eigenvalue weighted by Gasteiger charge is 2.30. The Labute approximate surface area is 245 Å². The summed E-state index contributed by atoms with van der Waals surface area (Å²) in [5.74, 6) is 1.14. The van der Waals surface area contributed by atoms with Gasteiger partial charge in [0.25, 0.3) is 0 Å². The first kappa shape index (κ1) is 30.4. The second-order valence-corrected chi connectivity index (χ2v) is 10.6. The van der Waals surface area contributed by atoms with E-state index in [-0.39, 0.29) is 28.8 Å². The second kappa shape index (κ2) is 13.4. The lowest BCUT2D eigenvalue weighted by Crippen LogP contribution is -2.37. The van der Waals surface area contributed by atoms with E-state index < -0.39 is 12.1 Å². The van der Waals surface area contributed by atoms with Crippen LogP contribution < -0.4 is 35.6 Å². The van der Waals surface area contributed by atoms with Crippen molar-refractivity contribution in [1.82, 2.24) is 10.3 Å². The molecule has 4 rings (SSSR count). The minimum absolute atomic E-state index is 0.178. The summed E-state index contributed by atoms with van der Waals surface area (Å²) >= 11 is 0. The van der Waals surface area contributed by atoms with Gasteiger partial charge >= 0.3 is 0 Å². The Bertz CT molecular complexity index is 1510. The Balaban J connectivity index is 1.86. The van der Waals surface area contributed by atoms with E-state index in [1.807, 2.05) is 26.0 Å². The maximum Gasteiger partial charge on any atom is 0.246 e. The number of carbonyl (C=O) groups excluding carboxylic acids is 2. The molecule has 1 aromatic heterocycles. The van der Waals surface area contributed by atoms with Crippen LogP contribution in [0.1, 0.15) is 50.8 Å². The number of fused-ring (bicyclic) bond motifs is 3. The van der Waals surface area contributed by atoms with Gasteiger partial charge in [0.05, 0.1) is 33.1 Å². The van der Waals surface area contributed by atoms with Crippen LogP contribution in [0.4, 0.5) is 11.4 Å². The number of rotatable bonds is 10. The van der Waals surface area contributed by atoms with Crippen LogP contribution in [0, 0.1) is 5.92 Å². The number of nitrogens with zero attached hydrogens (tertiary/aromatic N) is 1. The van der Waals surface area contributed by atoms with Crippen LogP contribution in [0.15, 0.2) is 53.6 Å². The Morgan fingerprint density at radius 3 is 2.33 bits per heavy atom. The summed E-state index contributed by atoms with van der Waals surface area (Å²) < 4.78 is 17.1. The minimum atomic E-state index is -0.676. The van der Waals surface area contributed by atoms with Crippen molar-refractivity contribution in [2.75, 3.05) is 32.0 Å². The zero-order valence-electron chi connectivity index (χ0n) is 24.9. The lowest BCUT2D eigenvalue weighted by atomic mass is 9.95. The van der Waals surface area contributed by atoms with Crippen molar-refractivity contribution >= 4 is 23.2 Å². The highest BCUT2D eigenvalue weighted by atomic mass is 16.5. The molecule has 10 heteroatoms. The molecular formula is C32H38N4O6. The van der Waals surface area contributed by atoms with Gasteiger partial charge in [0.15, 0.2) is 11.5 Å². The van der Waals surface area contributed by atoms with Gasteiger partial charge in [-0.1, -0.05) is 19.9 Å². The van der Waals surface area contributed by atoms with E-state index in [1.165, 1.54) is 13.0 Å². The monoisotopic (exact) mass is 574 g/mol. The van der Waals surface area contributed by atoms with Gasteiger partial charge in [-0.15, -0.1) is 0 Å². The van der Waals surface area contributed by atoms with Crippen molar-refractivity contribution in [2.24, 2.45) is 5.92 Å². The average Bonchev–Trinajstić information content (AvgIpc) is 3.20. The number of hydrogen-bond acceptors (Lipinski definition) is 8. The van der Waals surface area contributed by atoms with Crippen LogP contribution in [0.25, 0.3) is 11.1 Å². The number of anilines is 2. The molecule has 3 N–H and O–H groups in total. The number of ether oxygens (including phenoxy) is 3. The Morgan fingerprint density at radius 2 is 1.71 bits per heavy atom. The molecule has 1 aliphatic carbocycles. The molecule has 1 heterocycles. The van der Waals surface area contributed by atoms with Crippen LogP contribution >= 0.6 is 0 Å². The molecule has 0 bridgehead atoms. The molecule has 42 heavy (non-hydrogen) atoms. The van der Waals surface area contributed by atoms with Gasteiger partial charge in [0.2, 0.25) is 23.0 Å². The van der Waals surface area contributed by atoms with Crippen LogP contribution in [-0.4, -0.2) is 44.2 Å². The predicted molar refractivity (Wildman–Crippen MR) is 162 cm³/mol. The number of amides is 2. The molecule has 0 radical (unpaired) electrons. The molecule has 0 spiro atoms. The van der Waals surface area contributed by atoms with E-state index in [0.29, 0.717) is 53.3 Å². The van der Waals surface area contributed by atoms with Crippen LogP contribution in [0.3, 0.4) is 0 Å². The lowest BCUT2D eigenvalue weighted by molar-refractivity contribution is -0.120. The number of hydrogen-bond donors (Lipinski definition) is 3. The van der Waals surface area contributed by atoms with Gasteiger partial charge in [-0.3, -0.25) is 19.4 Å². The third-order valence-corrected chi connectivity index (χ3v) is 7.22. The molecule has 222 valence electrons. The zero-order valence-corrected chi connectivity index (χ0v) is 24.9. The van der Waals surface area contributed by atoms with Crippen molar-refractivity contribution < 1.29 is 23.8 Å². The van der Waals surface area contributed by atoms with E-state index >= 15 is 0 Å². The Hall–Kier alpha value is -4.60.